The summed E-state index contributed by atoms with van der Waals surface area (Å²) in [5.41, 5.74) is 0.734. The maximum Gasteiger partial charge on any atom is 0.139 e. The van der Waals surface area contributed by atoms with Crippen LogP contribution in [0.4, 0.5) is 4.39 Å². The van der Waals surface area contributed by atoms with E-state index in [1.54, 1.807) is 17.4 Å². The van der Waals surface area contributed by atoms with Gasteiger partial charge in [-0.1, -0.05) is 0 Å². The van der Waals surface area contributed by atoms with E-state index in [1.165, 1.54) is 6.07 Å². The van der Waals surface area contributed by atoms with Crippen molar-refractivity contribution >= 4 is 37.5 Å². The summed E-state index contributed by atoms with van der Waals surface area (Å²) < 4.78 is 14.5. The van der Waals surface area contributed by atoms with Crippen LogP contribution in [0.5, 0.6) is 0 Å². The molecule has 1 heterocycles. The van der Waals surface area contributed by atoms with Crippen LogP contribution in [0.2, 0.25) is 0 Å². The third-order valence-electron chi connectivity index (χ3n) is 1.54. The predicted octanol–water partition coefficient (Wildman–Crippen LogP) is 3.51. The zero-order valence-electron chi connectivity index (χ0n) is 6.27. The van der Waals surface area contributed by atoms with Crippen molar-refractivity contribution in [1.82, 2.24) is 4.98 Å². The van der Waals surface area contributed by atoms with Crippen molar-refractivity contribution in [3.05, 3.63) is 27.4 Å². The number of aromatic nitrogens is 1. The Balaban J connectivity index is 2.83. The van der Waals surface area contributed by atoms with E-state index in [-0.39, 0.29) is 5.82 Å². The molecule has 2 aromatic rings. The van der Waals surface area contributed by atoms with Gasteiger partial charge in [0.05, 0.1) is 19.7 Å². The highest BCUT2D eigenvalue weighted by molar-refractivity contribution is 9.10. The van der Waals surface area contributed by atoms with Crippen LogP contribution in [-0.2, 0) is 0 Å². The Morgan fingerprint density at radius 2 is 2.25 bits per heavy atom. The lowest BCUT2D eigenvalue weighted by Gasteiger charge is -1.91. The fraction of sp³-hybridized carbons (Fsp3) is 0.125. The molecule has 0 bridgehead atoms. The molecule has 1 aromatic carbocycles. The molecule has 12 heavy (non-hydrogen) atoms. The number of thiazole rings is 1. The van der Waals surface area contributed by atoms with Gasteiger partial charge in [0, 0.05) is 6.07 Å². The van der Waals surface area contributed by atoms with Crippen molar-refractivity contribution in [3.63, 3.8) is 0 Å². The summed E-state index contributed by atoms with van der Waals surface area (Å²) in [5.74, 6) is -0.257. The SMILES string of the molecule is Cc1nc2cc(F)c(Br)cc2s1. The molecular weight excluding hydrogens is 241 g/mol. The van der Waals surface area contributed by atoms with E-state index < -0.39 is 0 Å². The Kier molecular flexibility index (Phi) is 1.88. The summed E-state index contributed by atoms with van der Waals surface area (Å²) in [5, 5.41) is 0.961. The van der Waals surface area contributed by atoms with E-state index >= 15 is 0 Å². The highest BCUT2D eigenvalue weighted by Gasteiger charge is 2.05. The average Bonchev–Trinajstić information content (AvgIpc) is 2.30. The van der Waals surface area contributed by atoms with Crippen LogP contribution in [0.3, 0.4) is 0 Å². The number of aryl methyl sites for hydroxylation is 1. The van der Waals surface area contributed by atoms with Crippen molar-refractivity contribution in [1.29, 1.82) is 0 Å². The third kappa shape index (κ3) is 1.25. The summed E-state index contributed by atoms with van der Waals surface area (Å²) in [6.07, 6.45) is 0. The Labute approximate surface area is 81.4 Å². The Hall–Kier alpha value is -0.480. The van der Waals surface area contributed by atoms with Gasteiger partial charge in [-0.3, -0.25) is 0 Å². The van der Waals surface area contributed by atoms with Crippen LogP contribution >= 0.6 is 27.3 Å². The van der Waals surface area contributed by atoms with Crippen LogP contribution in [0.1, 0.15) is 5.01 Å². The van der Waals surface area contributed by atoms with Gasteiger partial charge in [-0.05, 0) is 28.9 Å². The molecule has 4 heteroatoms. The fourth-order valence-electron chi connectivity index (χ4n) is 1.04. The molecule has 0 atom stereocenters. The van der Waals surface area contributed by atoms with Gasteiger partial charge < -0.3 is 0 Å². The first-order chi connectivity index (χ1) is 5.66. The van der Waals surface area contributed by atoms with Crippen LogP contribution in [0.25, 0.3) is 10.2 Å². The van der Waals surface area contributed by atoms with Crippen LogP contribution < -0.4 is 0 Å². The maximum absolute atomic E-state index is 13.0. The largest absolute Gasteiger partial charge is 0.241 e. The fourth-order valence-corrected chi connectivity index (χ4v) is 2.38. The molecule has 2 rings (SSSR count). The molecule has 62 valence electrons. The normalized spacial score (nSPS) is 10.9. The summed E-state index contributed by atoms with van der Waals surface area (Å²) in [4.78, 5) is 4.17. The standard InChI is InChI=1S/C8H5BrFNS/c1-4-11-7-3-6(10)5(9)2-8(7)12-4/h2-3H,1H3. The molecule has 0 aliphatic carbocycles. The maximum atomic E-state index is 13.0. The van der Waals surface area contributed by atoms with E-state index in [9.17, 15) is 4.39 Å². The number of rotatable bonds is 0. The molecule has 0 amide bonds. The molecular formula is C8H5BrFNS. The van der Waals surface area contributed by atoms with E-state index in [0.29, 0.717) is 4.47 Å². The topological polar surface area (TPSA) is 12.9 Å². The van der Waals surface area contributed by atoms with Crippen molar-refractivity contribution in [2.24, 2.45) is 0 Å². The van der Waals surface area contributed by atoms with Crippen LogP contribution in [-0.4, -0.2) is 4.98 Å². The third-order valence-corrected chi connectivity index (χ3v) is 3.08. The molecule has 1 nitrogen and oxygen atoms in total. The molecule has 0 saturated carbocycles. The summed E-state index contributed by atoms with van der Waals surface area (Å²) >= 11 is 4.70. The first-order valence-corrected chi connectivity index (χ1v) is 5.00. The zero-order chi connectivity index (χ0) is 8.72. The monoisotopic (exact) mass is 245 g/mol. The van der Waals surface area contributed by atoms with Crippen molar-refractivity contribution < 1.29 is 4.39 Å². The number of benzene rings is 1. The minimum atomic E-state index is -0.257. The summed E-state index contributed by atoms with van der Waals surface area (Å²) in [6, 6.07) is 3.21. The molecule has 0 saturated heterocycles. The van der Waals surface area contributed by atoms with Crippen molar-refractivity contribution in [3.8, 4) is 0 Å². The minimum Gasteiger partial charge on any atom is -0.241 e. The van der Waals surface area contributed by atoms with E-state index in [4.69, 9.17) is 0 Å². The number of fused-ring (bicyclic) bond motifs is 1. The number of halogens is 2. The molecule has 0 radical (unpaired) electrons. The highest BCUT2D eigenvalue weighted by Crippen LogP contribution is 2.27. The van der Waals surface area contributed by atoms with Crippen molar-refractivity contribution in [2.45, 2.75) is 6.92 Å². The molecule has 0 N–H and O–H groups in total. The average molecular weight is 246 g/mol. The number of nitrogens with zero attached hydrogens (tertiary/aromatic N) is 1. The summed E-state index contributed by atoms with van der Waals surface area (Å²) in [7, 11) is 0. The van der Waals surface area contributed by atoms with Gasteiger partial charge >= 0.3 is 0 Å². The van der Waals surface area contributed by atoms with Gasteiger partial charge in [0.25, 0.3) is 0 Å². The number of hydrogen-bond acceptors (Lipinski definition) is 2. The van der Waals surface area contributed by atoms with Gasteiger partial charge in [0.15, 0.2) is 0 Å². The molecule has 1 aromatic heterocycles. The summed E-state index contributed by atoms with van der Waals surface area (Å²) in [6.45, 7) is 1.91. The molecule has 0 aliphatic heterocycles. The van der Waals surface area contributed by atoms with Gasteiger partial charge in [-0.2, -0.15) is 0 Å². The van der Waals surface area contributed by atoms with Gasteiger partial charge in [-0.25, -0.2) is 9.37 Å². The van der Waals surface area contributed by atoms with Crippen LogP contribution in [0.15, 0.2) is 16.6 Å². The van der Waals surface area contributed by atoms with E-state index in [1.807, 2.05) is 6.92 Å². The van der Waals surface area contributed by atoms with Gasteiger partial charge in [0.1, 0.15) is 5.82 Å². The van der Waals surface area contributed by atoms with Gasteiger partial charge in [0.2, 0.25) is 0 Å². The Morgan fingerprint density at radius 3 is 3.00 bits per heavy atom. The van der Waals surface area contributed by atoms with Gasteiger partial charge in [-0.15, -0.1) is 11.3 Å². The first kappa shape index (κ1) is 8.13. The smallest absolute Gasteiger partial charge is 0.139 e. The second-order valence-corrected chi connectivity index (χ2v) is 4.56. The molecule has 0 unspecified atom stereocenters. The molecule has 0 spiro atoms. The Bertz CT molecular complexity index is 399. The quantitative estimate of drug-likeness (QED) is 0.693. The second kappa shape index (κ2) is 2.78. The van der Waals surface area contributed by atoms with E-state index in [0.717, 1.165) is 15.2 Å². The van der Waals surface area contributed by atoms with E-state index in [2.05, 4.69) is 20.9 Å². The number of hydrogen-bond donors (Lipinski definition) is 0. The molecule has 0 fully saturated rings. The zero-order valence-corrected chi connectivity index (χ0v) is 8.67. The first-order valence-electron chi connectivity index (χ1n) is 3.39. The lowest BCUT2D eigenvalue weighted by Crippen LogP contribution is -1.76. The van der Waals surface area contributed by atoms with Crippen LogP contribution in [0, 0.1) is 12.7 Å². The minimum absolute atomic E-state index is 0.257. The second-order valence-electron chi connectivity index (χ2n) is 2.47. The highest BCUT2D eigenvalue weighted by atomic mass is 79.9. The lowest BCUT2D eigenvalue weighted by atomic mass is 10.3. The molecule has 0 aliphatic rings. The lowest BCUT2D eigenvalue weighted by molar-refractivity contribution is 0.623. The predicted molar refractivity (Wildman–Crippen MR) is 52.0 cm³/mol. The van der Waals surface area contributed by atoms with Crippen molar-refractivity contribution in [2.75, 3.05) is 0 Å². The Morgan fingerprint density at radius 1 is 1.50 bits per heavy atom.